The van der Waals surface area contributed by atoms with Gasteiger partial charge in [-0.25, -0.2) is 0 Å². The highest BCUT2D eigenvalue weighted by atomic mass is 79.9. The van der Waals surface area contributed by atoms with Crippen LogP contribution < -0.4 is 4.74 Å². The highest BCUT2D eigenvalue weighted by molar-refractivity contribution is 9.10. The number of hydrogen-bond donors (Lipinski definition) is 2. The molecule has 0 amide bonds. The molecule has 1 rings (SSSR count). The van der Waals surface area contributed by atoms with E-state index in [2.05, 4.69) is 15.9 Å². The van der Waals surface area contributed by atoms with Crippen LogP contribution >= 0.6 is 15.9 Å². The predicted molar refractivity (Wildman–Crippen MR) is 65.8 cm³/mol. The van der Waals surface area contributed by atoms with Gasteiger partial charge in [-0.15, -0.1) is 0 Å². The van der Waals surface area contributed by atoms with Gasteiger partial charge in [0.15, 0.2) is 0 Å². The third-order valence-electron chi connectivity index (χ3n) is 2.27. The summed E-state index contributed by atoms with van der Waals surface area (Å²) in [5.74, 6) is 0.905. The number of likely N-dealkylation sites (N-methyl/N-ethyl adjacent to an activating group) is 1. The maximum Gasteiger partial charge on any atom is 0.134 e. The third-order valence-corrected chi connectivity index (χ3v) is 2.88. The third kappa shape index (κ3) is 3.37. The quantitative estimate of drug-likeness (QED) is 0.864. The van der Waals surface area contributed by atoms with Gasteiger partial charge in [0.1, 0.15) is 11.5 Å². The molecule has 0 heterocycles. The van der Waals surface area contributed by atoms with Crippen molar-refractivity contribution in [3.8, 4) is 11.5 Å². The summed E-state index contributed by atoms with van der Waals surface area (Å²) >= 11 is 3.27. The lowest BCUT2D eigenvalue weighted by Gasteiger charge is -2.17. The Morgan fingerprint density at radius 3 is 2.69 bits per heavy atom. The largest absolute Gasteiger partial charge is 0.506 e. The van der Waals surface area contributed by atoms with Crippen molar-refractivity contribution in [2.45, 2.75) is 6.54 Å². The molecule has 0 saturated carbocycles. The van der Waals surface area contributed by atoms with Crippen LogP contribution in [-0.2, 0) is 6.54 Å². The monoisotopic (exact) mass is 289 g/mol. The summed E-state index contributed by atoms with van der Waals surface area (Å²) in [6, 6.07) is 3.50. The van der Waals surface area contributed by atoms with Crippen LogP contribution in [-0.4, -0.2) is 42.4 Å². The Morgan fingerprint density at radius 1 is 1.44 bits per heavy atom. The minimum absolute atomic E-state index is 0.0996. The second-order valence-corrected chi connectivity index (χ2v) is 4.43. The molecule has 0 atom stereocenters. The van der Waals surface area contributed by atoms with Gasteiger partial charge in [0.2, 0.25) is 0 Å². The molecule has 0 aliphatic heterocycles. The van der Waals surface area contributed by atoms with E-state index in [9.17, 15) is 5.11 Å². The summed E-state index contributed by atoms with van der Waals surface area (Å²) in [5.41, 5.74) is 0.766. The molecule has 16 heavy (non-hydrogen) atoms. The molecule has 0 saturated heterocycles. The minimum Gasteiger partial charge on any atom is -0.506 e. The van der Waals surface area contributed by atoms with Crippen molar-refractivity contribution in [3.05, 3.63) is 22.2 Å². The Balaban J connectivity index is 2.89. The molecule has 5 heteroatoms. The van der Waals surface area contributed by atoms with E-state index >= 15 is 0 Å². The molecule has 1 aromatic carbocycles. The van der Waals surface area contributed by atoms with Crippen molar-refractivity contribution < 1.29 is 14.9 Å². The van der Waals surface area contributed by atoms with E-state index in [-0.39, 0.29) is 12.4 Å². The van der Waals surface area contributed by atoms with Crippen molar-refractivity contribution in [2.24, 2.45) is 0 Å². The van der Waals surface area contributed by atoms with Crippen molar-refractivity contribution >= 4 is 15.9 Å². The smallest absolute Gasteiger partial charge is 0.134 e. The van der Waals surface area contributed by atoms with Gasteiger partial charge in [0, 0.05) is 18.7 Å². The van der Waals surface area contributed by atoms with Crippen LogP contribution in [0, 0.1) is 0 Å². The first-order chi connectivity index (χ1) is 7.58. The maximum atomic E-state index is 9.84. The number of aromatic hydroxyl groups is 1. The first-order valence-electron chi connectivity index (χ1n) is 4.93. The van der Waals surface area contributed by atoms with Gasteiger partial charge in [-0.1, -0.05) is 0 Å². The lowest BCUT2D eigenvalue weighted by atomic mass is 10.2. The number of rotatable bonds is 5. The number of phenolic OH excluding ortho intramolecular Hbond substituents is 1. The van der Waals surface area contributed by atoms with Gasteiger partial charge >= 0.3 is 0 Å². The van der Waals surface area contributed by atoms with Crippen molar-refractivity contribution in [1.29, 1.82) is 0 Å². The number of aliphatic hydroxyl groups excluding tert-OH is 1. The van der Waals surface area contributed by atoms with Crippen LogP contribution in [0.15, 0.2) is 16.6 Å². The number of hydrogen-bond acceptors (Lipinski definition) is 4. The minimum atomic E-state index is 0.0996. The van der Waals surface area contributed by atoms with Crippen LogP contribution in [0.3, 0.4) is 0 Å². The molecule has 0 fully saturated rings. The zero-order valence-corrected chi connectivity index (χ0v) is 11.0. The van der Waals surface area contributed by atoms with E-state index in [1.165, 1.54) is 0 Å². The number of phenols is 1. The summed E-state index contributed by atoms with van der Waals surface area (Å²) in [4.78, 5) is 1.92. The molecule has 0 radical (unpaired) electrons. The van der Waals surface area contributed by atoms with Crippen molar-refractivity contribution in [3.63, 3.8) is 0 Å². The lowest BCUT2D eigenvalue weighted by Crippen LogP contribution is -2.21. The van der Waals surface area contributed by atoms with E-state index in [0.29, 0.717) is 23.3 Å². The van der Waals surface area contributed by atoms with E-state index in [0.717, 1.165) is 5.56 Å². The Hall–Kier alpha value is -0.780. The van der Waals surface area contributed by atoms with E-state index in [4.69, 9.17) is 9.84 Å². The Kier molecular flexibility index (Phi) is 5.05. The molecule has 0 spiro atoms. The molecule has 1 aromatic rings. The number of aliphatic hydroxyl groups is 1. The van der Waals surface area contributed by atoms with Crippen LogP contribution in [0.1, 0.15) is 5.56 Å². The summed E-state index contributed by atoms with van der Waals surface area (Å²) < 4.78 is 5.73. The average molecular weight is 290 g/mol. The highest BCUT2D eigenvalue weighted by Crippen LogP contribution is 2.33. The fraction of sp³-hybridized carbons (Fsp3) is 0.455. The normalized spacial score (nSPS) is 10.8. The molecule has 0 aromatic heterocycles. The number of ether oxygens (including phenoxy) is 1. The topological polar surface area (TPSA) is 52.9 Å². The molecule has 2 N–H and O–H groups in total. The lowest BCUT2D eigenvalue weighted by molar-refractivity contribution is 0.216. The Labute approximate surface area is 104 Å². The molecule has 0 aliphatic carbocycles. The summed E-state index contributed by atoms with van der Waals surface area (Å²) in [6.45, 7) is 1.22. The van der Waals surface area contributed by atoms with Crippen LogP contribution in [0.2, 0.25) is 0 Å². The molecule has 0 aliphatic rings. The first kappa shape index (κ1) is 13.3. The second-order valence-electron chi connectivity index (χ2n) is 3.58. The van der Waals surface area contributed by atoms with Crippen LogP contribution in [0.5, 0.6) is 11.5 Å². The summed E-state index contributed by atoms with van der Waals surface area (Å²) in [6.07, 6.45) is 0. The van der Waals surface area contributed by atoms with Gasteiger partial charge in [-0.2, -0.15) is 0 Å². The van der Waals surface area contributed by atoms with Gasteiger partial charge in [0.05, 0.1) is 18.2 Å². The van der Waals surface area contributed by atoms with Crippen molar-refractivity contribution in [2.75, 3.05) is 27.3 Å². The number of nitrogens with zero attached hydrogens (tertiary/aromatic N) is 1. The molecular weight excluding hydrogens is 274 g/mol. The number of halogens is 1. The SMILES string of the molecule is COc1cc(Br)c(O)c(CN(C)CCO)c1. The van der Waals surface area contributed by atoms with E-state index in [1.807, 2.05) is 11.9 Å². The Bertz CT molecular complexity index is 357. The van der Waals surface area contributed by atoms with Gasteiger partial charge in [0.25, 0.3) is 0 Å². The van der Waals surface area contributed by atoms with E-state index in [1.54, 1.807) is 19.2 Å². The number of benzene rings is 1. The first-order valence-corrected chi connectivity index (χ1v) is 5.72. The van der Waals surface area contributed by atoms with Gasteiger partial charge in [-0.3, -0.25) is 4.90 Å². The van der Waals surface area contributed by atoms with E-state index < -0.39 is 0 Å². The van der Waals surface area contributed by atoms with Gasteiger partial charge in [-0.05, 0) is 35.1 Å². The molecule has 4 nitrogen and oxygen atoms in total. The second kappa shape index (κ2) is 6.08. The van der Waals surface area contributed by atoms with Gasteiger partial charge < -0.3 is 14.9 Å². The maximum absolute atomic E-state index is 9.84. The fourth-order valence-corrected chi connectivity index (χ4v) is 1.89. The summed E-state index contributed by atoms with van der Waals surface area (Å²) in [5, 5.41) is 18.6. The number of methoxy groups -OCH3 is 1. The fourth-order valence-electron chi connectivity index (χ4n) is 1.41. The molecule has 0 unspecified atom stereocenters. The Morgan fingerprint density at radius 2 is 2.12 bits per heavy atom. The zero-order chi connectivity index (χ0) is 12.1. The van der Waals surface area contributed by atoms with Crippen molar-refractivity contribution in [1.82, 2.24) is 4.90 Å². The average Bonchev–Trinajstić information content (AvgIpc) is 2.24. The predicted octanol–water partition coefficient (Wildman–Crippen LogP) is 1.59. The zero-order valence-electron chi connectivity index (χ0n) is 9.40. The van der Waals surface area contributed by atoms with Crippen LogP contribution in [0.4, 0.5) is 0 Å². The standard InChI is InChI=1S/C11H16BrNO3/c1-13(3-4-14)7-8-5-9(16-2)6-10(12)11(8)15/h5-6,14-15H,3-4,7H2,1-2H3. The molecular formula is C11H16BrNO3. The summed E-state index contributed by atoms with van der Waals surface area (Å²) in [7, 11) is 3.46. The molecule has 90 valence electrons. The highest BCUT2D eigenvalue weighted by Gasteiger charge is 2.10. The molecule has 0 bridgehead atoms. The van der Waals surface area contributed by atoms with Crippen LogP contribution in [0.25, 0.3) is 0 Å².